The second-order valence-electron chi connectivity index (χ2n) is 4.21. The van der Waals surface area contributed by atoms with Gasteiger partial charge in [-0.3, -0.25) is 4.98 Å². The normalized spacial score (nSPS) is 10.1. The van der Waals surface area contributed by atoms with Gasteiger partial charge < -0.3 is 11.1 Å². The maximum Gasteiger partial charge on any atom is 0.124 e. The van der Waals surface area contributed by atoms with Crippen LogP contribution in [0.4, 0.5) is 11.4 Å². The summed E-state index contributed by atoms with van der Waals surface area (Å²) >= 11 is 5.00. The topological polar surface area (TPSA) is 50.9 Å². The van der Waals surface area contributed by atoms with Crippen LogP contribution in [0.3, 0.4) is 0 Å². The Kier molecular flexibility index (Phi) is 3.58. The van der Waals surface area contributed by atoms with Gasteiger partial charge in [0.15, 0.2) is 0 Å². The van der Waals surface area contributed by atoms with Crippen molar-refractivity contribution in [2.45, 2.75) is 13.8 Å². The number of aryl methyl sites for hydroxylation is 2. The van der Waals surface area contributed by atoms with E-state index in [4.69, 9.17) is 18.0 Å². The Balaban J connectivity index is 2.40. The summed E-state index contributed by atoms with van der Waals surface area (Å²) in [6.45, 7) is 4.11. The van der Waals surface area contributed by atoms with E-state index in [1.165, 1.54) is 11.1 Å². The third kappa shape index (κ3) is 2.65. The van der Waals surface area contributed by atoms with Crippen LogP contribution >= 0.6 is 12.2 Å². The van der Waals surface area contributed by atoms with Crippen molar-refractivity contribution in [3.05, 3.63) is 53.3 Å². The number of rotatable bonds is 3. The van der Waals surface area contributed by atoms with Gasteiger partial charge in [-0.15, -0.1) is 0 Å². The second kappa shape index (κ2) is 5.14. The van der Waals surface area contributed by atoms with Crippen molar-refractivity contribution in [1.29, 1.82) is 0 Å². The van der Waals surface area contributed by atoms with E-state index >= 15 is 0 Å². The van der Waals surface area contributed by atoms with Crippen LogP contribution in [0, 0.1) is 13.8 Å². The minimum atomic E-state index is 0.295. The van der Waals surface area contributed by atoms with Crippen LogP contribution in [0.15, 0.2) is 36.5 Å². The molecule has 0 atom stereocenters. The molecule has 0 saturated carbocycles. The van der Waals surface area contributed by atoms with Gasteiger partial charge >= 0.3 is 0 Å². The van der Waals surface area contributed by atoms with Crippen LogP contribution in [0.5, 0.6) is 0 Å². The van der Waals surface area contributed by atoms with Crippen molar-refractivity contribution in [2.24, 2.45) is 5.73 Å². The van der Waals surface area contributed by atoms with Crippen LogP contribution in [-0.4, -0.2) is 9.97 Å². The molecule has 0 bridgehead atoms. The summed E-state index contributed by atoms with van der Waals surface area (Å²) < 4.78 is 0. The SMILES string of the molecule is Cc1ccc(C)c(Nc2cccnc2C(N)=S)c1. The molecule has 3 N–H and O–H groups in total. The number of anilines is 2. The third-order valence-corrected chi connectivity index (χ3v) is 2.90. The molecule has 18 heavy (non-hydrogen) atoms. The molecular weight excluding hydrogens is 242 g/mol. The Morgan fingerprint density at radius 2 is 2.00 bits per heavy atom. The van der Waals surface area contributed by atoms with E-state index in [0.717, 1.165) is 11.4 Å². The molecule has 1 aromatic carbocycles. The van der Waals surface area contributed by atoms with Gasteiger partial charge in [0, 0.05) is 11.9 Å². The average Bonchev–Trinajstić information content (AvgIpc) is 2.34. The molecule has 0 aliphatic rings. The van der Waals surface area contributed by atoms with E-state index in [2.05, 4.69) is 42.3 Å². The fraction of sp³-hybridized carbons (Fsp3) is 0.143. The molecule has 0 saturated heterocycles. The summed E-state index contributed by atoms with van der Waals surface area (Å²) in [4.78, 5) is 4.49. The van der Waals surface area contributed by atoms with E-state index in [1.54, 1.807) is 6.20 Å². The number of hydrogen-bond donors (Lipinski definition) is 2. The Hall–Kier alpha value is -1.94. The quantitative estimate of drug-likeness (QED) is 0.830. The van der Waals surface area contributed by atoms with Crippen molar-refractivity contribution in [2.75, 3.05) is 5.32 Å². The zero-order valence-corrected chi connectivity index (χ0v) is 11.2. The minimum Gasteiger partial charge on any atom is -0.388 e. The lowest BCUT2D eigenvalue weighted by atomic mass is 10.1. The Bertz CT molecular complexity index is 593. The average molecular weight is 257 g/mol. The maximum absolute atomic E-state index is 5.67. The first-order chi connectivity index (χ1) is 8.58. The predicted octanol–water partition coefficient (Wildman–Crippen LogP) is 3.08. The van der Waals surface area contributed by atoms with Crippen molar-refractivity contribution in [1.82, 2.24) is 4.98 Å². The molecular formula is C14H15N3S. The van der Waals surface area contributed by atoms with Gasteiger partial charge in [0.25, 0.3) is 0 Å². The molecule has 92 valence electrons. The molecule has 1 aromatic heterocycles. The fourth-order valence-corrected chi connectivity index (χ4v) is 1.88. The van der Waals surface area contributed by atoms with Gasteiger partial charge in [-0.25, -0.2) is 0 Å². The number of nitrogens with zero attached hydrogens (tertiary/aromatic N) is 1. The van der Waals surface area contributed by atoms with Gasteiger partial charge in [-0.2, -0.15) is 0 Å². The Labute approximate surface area is 112 Å². The van der Waals surface area contributed by atoms with Crippen molar-refractivity contribution < 1.29 is 0 Å². The van der Waals surface area contributed by atoms with Crippen molar-refractivity contribution >= 4 is 28.6 Å². The summed E-state index contributed by atoms with van der Waals surface area (Å²) in [5.41, 5.74) is 10.5. The molecule has 2 rings (SSSR count). The molecule has 0 spiro atoms. The summed E-state index contributed by atoms with van der Waals surface area (Å²) in [5.74, 6) is 0. The summed E-state index contributed by atoms with van der Waals surface area (Å²) in [6, 6.07) is 10.0. The molecule has 0 amide bonds. The number of nitrogens with two attached hydrogens (primary N) is 1. The minimum absolute atomic E-state index is 0.295. The van der Waals surface area contributed by atoms with Crippen molar-refractivity contribution in [3.63, 3.8) is 0 Å². The number of aromatic nitrogens is 1. The number of thiocarbonyl (C=S) groups is 1. The zero-order chi connectivity index (χ0) is 13.1. The van der Waals surface area contributed by atoms with E-state index in [9.17, 15) is 0 Å². The standard InChI is InChI=1S/C14H15N3S/c1-9-5-6-10(2)12(8-9)17-11-4-3-7-16-13(11)14(15)18/h3-8,17H,1-2H3,(H2,15,18). The number of pyridine rings is 1. The summed E-state index contributed by atoms with van der Waals surface area (Å²) in [6.07, 6.45) is 1.68. The van der Waals surface area contributed by atoms with E-state index in [0.29, 0.717) is 10.7 Å². The van der Waals surface area contributed by atoms with Crippen LogP contribution in [0.2, 0.25) is 0 Å². The van der Waals surface area contributed by atoms with E-state index in [-0.39, 0.29) is 0 Å². The predicted molar refractivity (Wildman–Crippen MR) is 79.3 cm³/mol. The molecule has 0 aliphatic heterocycles. The number of nitrogens with one attached hydrogen (secondary N) is 1. The highest BCUT2D eigenvalue weighted by molar-refractivity contribution is 7.80. The van der Waals surface area contributed by atoms with Gasteiger partial charge in [0.2, 0.25) is 0 Å². The van der Waals surface area contributed by atoms with Gasteiger partial charge in [-0.05, 0) is 43.2 Å². The largest absolute Gasteiger partial charge is 0.388 e. The lowest BCUT2D eigenvalue weighted by Crippen LogP contribution is -2.14. The highest BCUT2D eigenvalue weighted by atomic mass is 32.1. The number of benzene rings is 1. The lowest BCUT2D eigenvalue weighted by Gasteiger charge is -2.13. The second-order valence-corrected chi connectivity index (χ2v) is 4.65. The van der Waals surface area contributed by atoms with Gasteiger partial charge in [-0.1, -0.05) is 24.4 Å². The van der Waals surface area contributed by atoms with Crippen LogP contribution in [0.1, 0.15) is 16.8 Å². The van der Waals surface area contributed by atoms with Crippen molar-refractivity contribution in [3.8, 4) is 0 Å². The Morgan fingerprint density at radius 1 is 1.22 bits per heavy atom. The zero-order valence-electron chi connectivity index (χ0n) is 10.4. The third-order valence-electron chi connectivity index (χ3n) is 2.70. The molecule has 2 aromatic rings. The highest BCUT2D eigenvalue weighted by Gasteiger charge is 2.07. The lowest BCUT2D eigenvalue weighted by molar-refractivity contribution is 1.28. The summed E-state index contributed by atoms with van der Waals surface area (Å²) in [5, 5.41) is 3.33. The smallest absolute Gasteiger partial charge is 0.124 e. The maximum atomic E-state index is 5.67. The first-order valence-electron chi connectivity index (χ1n) is 5.67. The summed E-state index contributed by atoms with van der Waals surface area (Å²) in [7, 11) is 0. The first-order valence-corrected chi connectivity index (χ1v) is 6.08. The molecule has 3 nitrogen and oxygen atoms in total. The van der Waals surface area contributed by atoms with Gasteiger partial charge in [0.1, 0.15) is 10.7 Å². The molecule has 4 heteroatoms. The first kappa shape index (κ1) is 12.5. The van der Waals surface area contributed by atoms with Crippen LogP contribution < -0.4 is 11.1 Å². The number of hydrogen-bond acceptors (Lipinski definition) is 3. The molecule has 0 aliphatic carbocycles. The van der Waals surface area contributed by atoms with E-state index in [1.807, 2.05) is 12.1 Å². The molecule has 0 fully saturated rings. The van der Waals surface area contributed by atoms with Crippen LogP contribution in [0.25, 0.3) is 0 Å². The molecule has 0 unspecified atom stereocenters. The fourth-order valence-electron chi connectivity index (χ4n) is 1.72. The van der Waals surface area contributed by atoms with E-state index < -0.39 is 0 Å². The monoisotopic (exact) mass is 257 g/mol. The van der Waals surface area contributed by atoms with Gasteiger partial charge in [0.05, 0.1) is 5.69 Å². The molecule has 0 radical (unpaired) electrons. The molecule has 1 heterocycles. The highest BCUT2D eigenvalue weighted by Crippen LogP contribution is 2.23. The van der Waals surface area contributed by atoms with Crippen LogP contribution in [-0.2, 0) is 0 Å². The Morgan fingerprint density at radius 3 is 2.72 bits per heavy atom.